The maximum absolute atomic E-state index is 11.2. The molecule has 0 bridgehead atoms. The molecule has 0 saturated heterocycles. The van der Waals surface area contributed by atoms with E-state index in [4.69, 9.17) is 44.6 Å². The number of para-hydroxylation sites is 1. The molecule has 4 aromatic rings. The summed E-state index contributed by atoms with van der Waals surface area (Å²) in [5.74, 6) is -0.157. The van der Waals surface area contributed by atoms with E-state index < -0.39 is 5.97 Å². The van der Waals surface area contributed by atoms with Crippen LogP contribution in [0.3, 0.4) is 0 Å². The molecule has 0 unspecified atom stereocenters. The highest BCUT2D eigenvalue weighted by Crippen LogP contribution is 2.32. The monoisotopic (exact) mass is 540 g/mol. The van der Waals surface area contributed by atoms with Crippen molar-refractivity contribution in [3.63, 3.8) is 0 Å². The van der Waals surface area contributed by atoms with Gasteiger partial charge in [-0.3, -0.25) is 0 Å². The lowest BCUT2D eigenvalue weighted by molar-refractivity contribution is 0.0697. The Kier molecular flexibility index (Phi) is 8.04. The molecule has 5 nitrogen and oxygen atoms in total. The summed E-state index contributed by atoms with van der Waals surface area (Å²) in [5.41, 5.74) is 4.25. The first kappa shape index (κ1) is 25.8. The van der Waals surface area contributed by atoms with Gasteiger partial charge >= 0.3 is 5.97 Å². The Balaban J connectivity index is 1.55. The first-order valence-electron chi connectivity index (χ1n) is 11.2. The van der Waals surface area contributed by atoms with Gasteiger partial charge in [-0.1, -0.05) is 79.0 Å². The molecule has 0 aliphatic carbocycles. The van der Waals surface area contributed by atoms with Crippen molar-refractivity contribution in [1.29, 1.82) is 0 Å². The third kappa shape index (κ3) is 5.76. The second kappa shape index (κ2) is 11.2. The molecule has 1 aromatic heterocycles. The van der Waals surface area contributed by atoms with E-state index in [1.54, 1.807) is 47.1 Å². The number of carbonyl (C=O) groups is 1. The fourth-order valence-corrected chi connectivity index (χ4v) is 4.53. The highest BCUT2D eigenvalue weighted by Gasteiger charge is 2.19. The van der Waals surface area contributed by atoms with Crippen LogP contribution in [0.4, 0.5) is 0 Å². The second-order valence-electron chi connectivity index (χ2n) is 8.42. The van der Waals surface area contributed by atoms with Crippen molar-refractivity contribution < 1.29 is 14.6 Å². The molecular weight excluding hydrogens is 519 g/mol. The molecule has 4 rings (SSSR count). The normalized spacial score (nSPS) is 11.4. The molecule has 0 fully saturated rings. The first-order valence-corrected chi connectivity index (χ1v) is 12.3. The van der Waals surface area contributed by atoms with Gasteiger partial charge in [-0.05, 0) is 65.1 Å². The lowest BCUT2D eigenvalue weighted by Gasteiger charge is -2.15. The van der Waals surface area contributed by atoms with Crippen LogP contribution in [0.15, 0.2) is 66.9 Å². The number of hydrogen-bond acceptors (Lipinski definition) is 3. The van der Waals surface area contributed by atoms with E-state index in [0.29, 0.717) is 26.5 Å². The predicted molar refractivity (Wildman–Crippen MR) is 146 cm³/mol. The van der Waals surface area contributed by atoms with Crippen LogP contribution in [0.5, 0.6) is 5.75 Å². The van der Waals surface area contributed by atoms with Gasteiger partial charge in [-0.2, -0.15) is 5.10 Å². The average Bonchev–Trinajstić information content (AvgIpc) is 3.26. The molecule has 0 spiro atoms. The largest absolute Gasteiger partial charge is 0.487 e. The van der Waals surface area contributed by atoms with Gasteiger partial charge < -0.3 is 9.84 Å². The summed E-state index contributed by atoms with van der Waals surface area (Å²) in [6, 6.07) is 17.4. The van der Waals surface area contributed by atoms with Crippen molar-refractivity contribution in [2.45, 2.75) is 26.4 Å². The summed E-state index contributed by atoms with van der Waals surface area (Å²) in [4.78, 5) is 11.2. The molecule has 0 aliphatic heterocycles. The van der Waals surface area contributed by atoms with Gasteiger partial charge in [0, 0.05) is 0 Å². The summed E-state index contributed by atoms with van der Waals surface area (Å²) in [5, 5.41) is 15.2. The molecule has 8 heteroatoms. The maximum Gasteiger partial charge on any atom is 0.335 e. The van der Waals surface area contributed by atoms with Crippen LogP contribution in [-0.4, -0.2) is 20.9 Å². The number of aromatic nitrogens is 2. The number of rotatable bonds is 8. The zero-order valence-electron chi connectivity index (χ0n) is 19.6. The van der Waals surface area contributed by atoms with Gasteiger partial charge in [0.2, 0.25) is 0 Å². The summed E-state index contributed by atoms with van der Waals surface area (Å²) >= 11 is 19.4. The van der Waals surface area contributed by atoms with Crippen molar-refractivity contribution in [3.05, 3.63) is 110 Å². The maximum atomic E-state index is 11.2. The van der Waals surface area contributed by atoms with Crippen LogP contribution < -0.4 is 4.74 Å². The number of hydrogen-bond donors (Lipinski definition) is 1. The van der Waals surface area contributed by atoms with Crippen molar-refractivity contribution in [3.8, 4) is 11.4 Å². The van der Waals surface area contributed by atoms with Crippen LogP contribution in [0.1, 0.15) is 52.5 Å². The molecule has 0 radical (unpaired) electrons. The molecule has 1 N–H and O–H groups in total. The number of halogens is 3. The van der Waals surface area contributed by atoms with Crippen LogP contribution >= 0.6 is 34.8 Å². The number of ether oxygens (including phenoxy) is 1. The lowest BCUT2D eigenvalue weighted by atomic mass is 10.0. The van der Waals surface area contributed by atoms with Crippen molar-refractivity contribution in [2.24, 2.45) is 0 Å². The molecule has 0 amide bonds. The van der Waals surface area contributed by atoms with Crippen LogP contribution in [-0.2, 0) is 6.61 Å². The highest BCUT2D eigenvalue weighted by molar-refractivity contribution is 6.37. The van der Waals surface area contributed by atoms with E-state index in [-0.39, 0.29) is 18.1 Å². The Morgan fingerprint density at radius 3 is 2.39 bits per heavy atom. The Morgan fingerprint density at radius 2 is 1.72 bits per heavy atom. The summed E-state index contributed by atoms with van der Waals surface area (Å²) < 4.78 is 7.83. The van der Waals surface area contributed by atoms with Gasteiger partial charge in [0.1, 0.15) is 18.0 Å². The quantitative estimate of drug-likeness (QED) is 0.227. The highest BCUT2D eigenvalue weighted by atomic mass is 35.5. The first-order chi connectivity index (χ1) is 17.2. The van der Waals surface area contributed by atoms with E-state index in [9.17, 15) is 4.79 Å². The van der Waals surface area contributed by atoms with Gasteiger partial charge in [0.25, 0.3) is 0 Å². The molecular formula is C28H23Cl3N2O3. The van der Waals surface area contributed by atoms with E-state index in [1.807, 2.05) is 36.5 Å². The van der Waals surface area contributed by atoms with Gasteiger partial charge in [0.15, 0.2) is 0 Å². The van der Waals surface area contributed by atoms with Crippen molar-refractivity contribution in [1.82, 2.24) is 9.78 Å². The van der Waals surface area contributed by atoms with Crippen LogP contribution in [0.25, 0.3) is 17.8 Å². The van der Waals surface area contributed by atoms with E-state index >= 15 is 0 Å². The minimum Gasteiger partial charge on any atom is -0.487 e. The third-order valence-corrected chi connectivity index (χ3v) is 6.55. The second-order valence-corrected chi connectivity index (χ2v) is 9.64. The fourth-order valence-electron chi connectivity index (χ4n) is 3.74. The number of aromatic carboxylic acids is 1. The van der Waals surface area contributed by atoms with Crippen LogP contribution in [0, 0.1) is 0 Å². The molecule has 0 atom stereocenters. The number of nitrogens with zero attached hydrogens (tertiary/aromatic N) is 2. The lowest BCUT2D eigenvalue weighted by Crippen LogP contribution is -2.09. The predicted octanol–water partition coefficient (Wildman–Crippen LogP) is 8.40. The zero-order chi connectivity index (χ0) is 25.8. The summed E-state index contributed by atoms with van der Waals surface area (Å²) in [7, 11) is 0. The standard InChI is InChI=1S/C28H23Cl3N2O3/c1-17(2)22-15-32-33(27-23(29)7-4-8-24(27)30)26(22)16-36-21-12-11-19(25(31)14-21)10-9-18-5-3-6-20(13-18)28(34)35/h3-15,17H,16H2,1-2H3,(H,34,35)/b10-9+. The Bertz CT molecular complexity index is 1420. The van der Waals surface area contributed by atoms with Crippen molar-refractivity contribution >= 4 is 52.9 Å². The fraction of sp³-hybridized carbons (Fsp3) is 0.143. The SMILES string of the molecule is CC(C)c1cnn(-c2c(Cl)cccc2Cl)c1COc1ccc(/C=C/c2cccc(C(=O)O)c2)c(Cl)c1. The molecule has 3 aromatic carbocycles. The molecule has 36 heavy (non-hydrogen) atoms. The number of benzene rings is 3. The Labute approximate surface area is 224 Å². The van der Waals surface area contributed by atoms with Gasteiger partial charge in [-0.25, -0.2) is 9.48 Å². The summed E-state index contributed by atoms with van der Waals surface area (Å²) in [6.07, 6.45) is 5.46. The average molecular weight is 542 g/mol. The molecule has 1 heterocycles. The zero-order valence-corrected chi connectivity index (χ0v) is 21.8. The van der Waals surface area contributed by atoms with Gasteiger partial charge in [0.05, 0.1) is 32.5 Å². The molecule has 184 valence electrons. The van der Waals surface area contributed by atoms with E-state index in [2.05, 4.69) is 18.9 Å². The molecule has 0 aliphatic rings. The minimum absolute atomic E-state index is 0.217. The van der Waals surface area contributed by atoms with Crippen molar-refractivity contribution in [2.75, 3.05) is 0 Å². The third-order valence-electron chi connectivity index (χ3n) is 5.61. The summed E-state index contributed by atoms with van der Waals surface area (Å²) in [6.45, 7) is 4.41. The Hall–Kier alpha value is -3.25. The number of carboxylic acids is 1. The minimum atomic E-state index is -0.969. The van der Waals surface area contributed by atoms with E-state index in [0.717, 1.165) is 22.4 Å². The van der Waals surface area contributed by atoms with Gasteiger partial charge in [-0.15, -0.1) is 0 Å². The number of carboxylic acid groups (broad SMARTS) is 1. The smallest absolute Gasteiger partial charge is 0.335 e. The molecule has 0 saturated carbocycles. The Morgan fingerprint density at radius 1 is 1.00 bits per heavy atom. The van der Waals surface area contributed by atoms with Crippen LogP contribution in [0.2, 0.25) is 15.1 Å². The topological polar surface area (TPSA) is 64.4 Å². The van der Waals surface area contributed by atoms with E-state index in [1.165, 1.54) is 0 Å².